The van der Waals surface area contributed by atoms with E-state index in [4.69, 9.17) is 9.79 Å². The first kappa shape index (κ1) is 27.1. The van der Waals surface area contributed by atoms with E-state index in [0.29, 0.717) is 11.0 Å². The monoisotopic (exact) mass is 408 g/mol. The molecule has 1 aliphatic rings. The van der Waals surface area contributed by atoms with Crippen molar-refractivity contribution in [3.8, 4) is 0 Å². The third-order valence-electron chi connectivity index (χ3n) is 5.21. The second kappa shape index (κ2) is 15.9. The maximum absolute atomic E-state index is 10.2. The van der Waals surface area contributed by atoms with Crippen LogP contribution in [-0.2, 0) is 9.09 Å². The summed E-state index contributed by atoms with van der Waals surface area (Å²) in [4.78, 5) is 16.6. The second-order valence-corrected chi connectivity index (χ2v) is 10.3. The largest absolute Gasteiger partial charge is 0.469 e. The number of hydrogen-bond acceptors (Lipinski definition) is 2. The molecule has 0 heterocycles. The molecular formula is C21H47NO4P+. The zero-order valence-electron chi connectivity index (χ0n) is 18.5. The van der Waals surface area contributed by atoms with E-state index in [0.717, 1.165) is 5.92 Å². The quantitative estimate of drug-likeness (QED) is 0.201. The van der Waals surface area contributed by atoms with Crippen LogP contribution in [0.5, 0.6) is 0 Å². The molecule has 1 rings (SSSR count). The number of nitrogens with zero attached hydrogens (tertiary/aromatic N) is 1. The first-order valence-electron chi connectivity index (χ1n) is 11.1. The third-order valence-corrected chi connectivity index (χ3v) is 5.73. The minimum Gasteiger partial charge on any atom is -0.329 e. The van der Waals surface area contributed by atoms with Crippen LogP contribution in [0.3, 0.4) is 0 Å². The molecule has 0 aromatic rings. The van der Waals surface area contributed by atoms with Gasteiger partial charge in [-0.2, -0.15) is 0 Å². The summed E-state index contributed by atoms with van der Waals surface area (Å²) < 4.78 is 15.1. The van der Waals surface area contributed by atoms with Gasteiger partial charge in [0.15, 0.2) is 0 Å². The minimum atomic E-state index is -4.26. The van der Waals surface area contributed by atoms with Crippen LogP contribution < -0.4 is 0 Å². The highest BCUT2D eigenvalue weighted by Gasteiger charge is 2.16. The number of unbranched alkanes of at least 4 members (excludes halogenated alkanes) is 9. The van der Waals surface area contributed by atoms with E-state index < -0.39 is 7.82 Å². The first-order chi connectivity index (χ1) is 12.6. The molecule has 0 aromatic heterocycles. The summed E-state index contributed by atoms with van der Waals surface area (Å²) in [5.41, 5.74) is 0. The van der Waals surface area contributed by atoms with Crippen molar-refractivity contribution in [2.24, 2.45) is 5.92 Å². The average Bonchev–Trinajstić information content (AvgIpc) is 2.49. The van der Waals surface area contributed by atoms with Gasteiger partial charge in [0.1, 0.15) is 13.2 Å². The molecule has 1 fully saturated rings. The molecule has 2 N–H and O–H groups in total. The van der Waals surface area contributed by atoms with Gasteiger partial charge in [-0.1, -0.05) is 96.8 Å². The molecule has 0 spiro atoms. The van der Waals surface area contributed by atoms with Crippen molar-refractivity contribution >= 4 is 7.82 Å². The zero-order valence-corrected chi connectivity index (χ0v) is 19.4. The van der Waals surface area contributed by atoms with Crippen LogP contribution in [-0.4, -0.2) is 48.6 Å². The van der Waals surface area contributed by atoms with Gasteiger partial charge in [0, 0.05) is 0 Å². The fraction of sp³-hybridized carbons (Fsp3) is 1.00. The normalized spacial score (nSPS) is 15.2. The van der Waals surface area contributed by atoms with Crippen LogP contribution in [0.15, 0.2) is 0 Å². The number of phosphoric ester groups is 1. The number of phosphoric acid groups is 1. The van der Waals surface area contributed by atoms with Crippen LogP contribution >= 0.6 is 7.82 Å². The van der Waals surface area contributed by atoms with Crippen LogP contribution in [0, 0.1) is 5.92 Å². The van der Waals surface area contributed by atoms with E-state index in [-0.39, 0.29) is 6.61 Å². The maximum Gasteiger partial charge on any atom is 0.469 e. The standard InChI is InChI=1S/C16H32.C5H14NO4P/c1-2-3-4-5-6-7-8-9-10-11-13-16-14-12-15-16;1-6(2,3)4-5-10-11(7,8)9/h16H,2-15H2,1H3;4-5H2,1-3H3,(H-,7,8,9)/p+1. The molecule has 27 heavy (non-hydrogen) atoms. The molecule has 0 aliphatic heterocycles. The highest BCUT2D eigenvalue weighted by atomic mass is 31.2. The predicted octanol–water partition coefficient (Wildman–Crippen LogP) is 5.90. The van der Waals surface area contributed by atoms with E-state index >= 15 is 0 Å². The van der Waals surface area contributed by atoms with E-state index in [2.05, 4.69) is 11.4 Å². The molecule has 1 aliphatic carbocycles. The lowest BCUT2D eigenvalue weighted by Gasteiger charge is -2.24. The lowest BCUT2D eigenvalue weighted by Crippen LogP contribution is -2.37. The topological polar surface area (TPSA) is 66.8 Å². The second-order valence-electron chi connectivity index (χ2n) is 9.11. The molecule has 164 valence electrons. The Hall–Kier alpha value is 0.0700. The molecule has 0 radical (unpaired) electrons. The van der Waals surface area contributed by atoms with Crippen molar-refractivity contribution in [2.75, 3.05) is 34.3 Å². The fourth-order valence-electron chi connectivity index (χ4n) is 3.14. The van der Waals surface area contributed by atoms with Crippen molar-refractivity contribution in [3.63, 3.8) is 0 Å². The van der Waals surface area contributed by atoms with Crippen LogP contribution in [0.2, 0.25) is 0 Å². The molecule has 1 saturated carbocycles. The van der Waals surface area contributed by atoms with Gasteiger partial charge in [-0.3, -0.25) is 4.52 Å². The van der Waals surface area contributed by atoms with Crippen molar-refractivity contribution in [2.45, 2.75) is 96.8 Å². The Labute approximate surface area is 168 Å². The van der Waals surface area contributed by atoms with Crippen molar-refractivity contribution in [3.05, 3.63) is 0 Å². The molecule has 6 heteroatoms. The fourth-order valence-corrected chi connectivity index (χ4v) is 3.46. The minimum absolute atomic E-state index is 0.0772. The van der Waals surface area contributed by atoms with Gasteiger partial charge in [-0.25, -0.2) is 4.57 Å². The van der Waals surface area contributed by atoms with Gasteiger partial charge in [0.05, 0.1) is 21.1 Å². The Bertz CT molecular complexity index is 375. The third kappa shape index (κ3) is 22.2. The van der Waals surface area contributed by atoms with E-state index in [9.17, 15) is 4.57 Å². The number of likely N-dealkylation sites (N-methyl/N-ethyl adjacent to an activating group) is 1. The van der Waals surface area contributed by atoms with E-state index in [1.807, 2.05) is 21.1 Å². The van der Waals surface area contributed by atoms with E-state index in [1.165, 1.54) is 89.9 Å². The van der Waals surface area contributed by atoms with Gasteiger partial charge in [0.2, 0.25) is 0 Å². The van der Waals surface area contributed by atoms with Crippen molar-refractivity contribution in [1.82, 2.24) is 0 Å². The van der Waals surface area contributed by atoms with Gasteiger partial charge >= 0.3 is 7.82 Å². The molecule has 0 aromatic carbocycles. The number of hydrogen-bond donors (Lipinski definition) is 2. The summed E-state index contributed by atoms with van der Waals surface area (Å²) in [5, 5.41) is 0. The summed E-state index contributed by atoms with van der Waals surface area (Å²) in [6, 6.07) is 0. The summed E-state index contributed by atoms with van der Waals surface area (Å²) in [6.07, 6.45) is 20.9. The van der Waals surface area contributed by atoms with Crippen LogP contribution in [0.1, 0.15) is 96.8 Å². The Morgan fingerprint density at radius 1 is 0.889 bits per heavy atom. The van der Waals surface area contributed by atoms with Crippen molar-refractivity contribution < 1.29 is 23.4 Å². The molecule has 0 atom stereocenters. The maximum atomic E-state index is 10.2. The molecule has 0 saturated heterocycles. The molecule has 0 unspecified atom stereocenters. The Morgan fingerprint density at radius 2 is 1.37 bits per heavy atom. The SMILES string of the molecule is CCCCCCCCCCCCC1CCC1.C[N+](C)(C)CCOP(=O)(O)O. The molecule has 0 bridgehead atoms. The average molecular weight is 409 g/mol. The smallest absolute Gasteiger partial charge is 0.329 e. The highest BCUT2D eigenvalue weighted by molar-refractivity contribution is 7.46. The summed E-state index contributed by atoms with van der Waals surface area (Å²) >= 11 is 0. The summed E-state index contributed by atoms with van der Waals surface area (Å²) in [6.45, 7) is 2.95. The lowest BCUT2D eigenvalue weighted by atomic mass is 9.81. The van der Waals surface area contributed by atoms with Crippen LogP contribution in [0.25, 0.3) is 0 Å². The number of quaternary nitrogens is 1. The number of rotatable bonds is 15. The highest BCUT2D eigenvalue weighted by Crippen LogP contribution is 2.35. The van der Waals surface area contributed by atoms with Gasteiger partial charge in [-0.15, -0.1) is 0 Å². The predicted molar refractivity (Wildman–Crippen MR) is 115 cm³/mol. The lowest BCUT2D eigenvalue weighted by molar-refractivity contribution is -0.870. The van der Waals surface area contributed by atoms with Gasteiger partial charge in [-0.05, 0) is 5.92 Å². The van der Waals surface area contributed by atoms with Gasteiger partial charge < -0.3 is 14.3 Å². The van der Waals surface area contributed by atoms with Crippen molar-refractivity contribution in [1.29, 1.82) is 0 Å². The molecule has 5 nitrogen and oxygen atoms in total. The zero-order chi connectivity index (χ0) is 20.6. The van der Waals surface area contributed by atoms with Gasteiger partial charge in [0.25, 0.3) is 0 Å². The Balaban J connectivity index is 0.000000541. The Morgan fingerprint density at radius 3 is 1.74 bits per heavy atom. The first-order valence-corrected chi connectivity index (χ1v) is 12.7. The summed E-state index contributed by atoms with van der Waals surface area (Å²) in [5.74, 6) is 1.13. The Kier molecular flexibility index (Phi) is 16.0. The molecule has 0 amide bonds. The van der Waals surface area contributed by atoms with Crippen LogP contribution in [0.4, 0.5) is 0 Å². The van der Waals surface area contributed by atoms with E-state index in [1.54, 1.807) is 0 Å². The summed E-state index contributed by atoms with van der Waals surface area (Å²) in [7, 11) is 1.50. The molecular weight excluding hydrogens is 361 g/mol.